The number of aliphatic hydroxyl groups excluding tert-OH is 1. The van der Waals surface area contributed by atoms with Gasteiger partial charge in [-0.05, 0) is 12.3 Å². The first-order chi connectivity index (χ1) is 5.68. The number of hydrogen-bond donors (Lipinski definition) is 3. The van der Waals surface area contributed by atoms with Crippen LogP contribution in [0.2, 0.25) is 0 Å². The van der Waals surface area contributed by atoms with Crippen LogP contribution in [0, 0.1) is 5.92 Å². The largest absolute Gasteiger partial charge is 0.513 e. The van der Waals surface area contributed by atoms with Gasteiger partial charge in [0.2, 0.25) is 5.91 Å². The summed E-state index contributed by atoms with van der Waals surface area (Å²) in [5.41, 5.74) is 5.34. The summed E-state index contributed by atoms with van der Waals surface area (Å²) in [6, 6.07) is 0. The first-order valence-electron chi connectivity index (χ1n) is 4.07. The fourth-order valence-electron chi connectivity index (χ4n) is 1.36. The van der Waals surface area contributed by atoms with E-state index < -0.39 is 0 Å². The molecule has 0 bridgehead atoms. The lowest BCUT2D eigenvalue weighted by molar-refractivity contribution is -0.122. The van der Waals surface area contributed by atoms with E-state index in [0.717, 1.165) is 13.0 Å². The van der Waals surface area contributed by atoms with E-state index in [1.54, 1.807) is 0 Å². The van der Waals surface area contributed by atoms with Gasteiger partial charge in [-0.3, -0.25) is 10.2 Å². The Bertz CT molecular complexity index is 191. The first kappa shape index (κ1) is 9.06. The molecular weight excluding hydrogens is 156 g/mol. The summed E-state index contributed by atoms with van der Waals surface area (Å²) in [5.74, 6) is 0.367. The zero-order chi connectivity index (χ0) is 8.97. The molecule has 1 heterocycles. The number of aliphatic hydroxyl groups is 1. The number of rotatable bonds is 2. The van der Waals surface area contributed by atoms with Crippen LogP contribution in [0.4, 0.5) is 0 Å². The molecule has 12 heavy (non-hydrogen) atoms. The van der Waals surface area contributed by atoms with Crippen LogP contribution < -0.4 is 10.9 Å². The van der Waals surface area contributed by atoms with Crippen molar-refractivity contribution < 1.29 is 9.90 Å². The molecule has 4 heteroatoms. The summed E-state index contributed by atoms with van der Waals surface area (Å²) in [6.45, 7) is 4.16. The normalized spacial score (nSPS) is 24.3. The van der Waals surface area contributed by atoms with Crippen LogP contribution in [0.1, 0.15) is 19.3 Å². The molecule has 0 aromatic heterocycles. The maximum absolute atomic E-state index is 11.0. The van der Waals surface area contributed by atoms with E-state index in [4.69, 9.17) is 5.11 Å². The molecule has 0 spiro atoms. The minimum atomic E-state index is -0.0150. The van der Waals surface area contributed by atoms with E-state index >= 15 is 0 Å². The average molecular weight is 170 g/mol. The Kier molecular flexibility index (Phi) is 3.10. The topological polar surface area (TPSA) is 61.4 Å². The Morgan fingerprint density at radius 3 is 3.17 bits per heavy atom. The molecule has 1 saturated heterocycles. The molecule has 4 nitrogen and oxygen atoms in total. The molecule has 0 aromatic rings. The minimum absolute atomic E-state index is 0.0150. The van der Waals surface area contributed by atoms with Crippen molar-refractivity contribution >= 4 is 5.91 Å². The lowest BCUT2D eigenvalue weighted by atomic mass is 9.97. The van der Waals surface area contributed by atoms with Crippen molar-refractivity contribution in [1.29, 1.82) is 0 Å². The average Bonchev–Trinajstić information content (AvgIpc) is 2.12. The molecule has 0 aromatic carbocycles. The summed E-state index contributed by atoms with van der Waals surface area (Å²) in [7, 11) is 0. The van der Waals surface area contributed by atoms with Crippen LogP contribution in [0.5, 0.6) is 0 Å². The van der Waals surface area contributed by atoms with E-state index in [9.17, 15) is 4.79 Å². The van der Waals surface area contributed by atoms with Gasteiger partial charge >= 0.3 is 0 Å². The molecule has 1 atom stereocenters. The minimum Gasteiger partial charge on any atom is -0.513 e. The van der Waals surface area contributed by atoms with Gasteiger partial charge < -0.3 is 5.11 Å². The van der Waals surface area contributed by atoms with Crippen LogP contribution >= 0.6 is 0 Å². The third-order valence-corrected chi connectivity index (χ3v) is 1.90. The third-order valence-electron chi connectivity index (χ3n) is 1.90. The van der Waals surface area contributed by atoms with Crippen LogP contribution in [-0.4, -0.2) is 17.6 Å². The van der Waals surface area contributed by atoms with Gasteiger partial charge in [-0.1, -0.05) is 6.58 Å². The Morgan fingerprint density at radius 1 is 1.75 bits per heavy atom. The summed E-state index contributed by atoms with van der Waals surface area (Å²) < 4.78 is 0. The smallest absolute Gasteiger partial charge is 0.234 e. The lowest BCUT2D eigenvalue weighted by Crippen LogP contribution is -2.35. The van der Waals surface area contributed by atoms with Gasteiger partial charge in [0, 0.05) is 19.4 Å². The number of hydrazine groups is 1. The maximum Gasteiger partial charge on any atom is 0.234 e. The monoisotopic (exact) mass is 170 g/mol. The van der Waals surface area contributed by atoms with E-state index in [2.05, 4.69) is 17.4 Å². The lowest BCUT2D eigenvalue weighted by Gasteiger charge is -2.09. The van der Waals surface area contributed by atoms with Gasteiger partial charge in [0.05, 0.1) is 5.76 Å². The van der Waals surface area contributed by atoms with Crippen molar-refractivity contribution in [1.82, 2.24) is 10.9 Å². The highest BCUT2D eigenvalue weighted by atomic mass is 16.3. The van der Waals surface area contributed by atoms with Gasteiger partial charge in [-0.2, -0.15) is 0 Å². The van der Waals surface area contributed by atoms with E-state index in [-0.39, 0.29) is 17.6 Å². The van der Waals surface area contributed by atoms with Gasteiger partial charge in [0.25, 0.3) is 0 Å². The fourth-order valence-corrected chi connectivity index (χ4v) is 1.36. The van der Waals surface area contributed by atoms with Crippen molar-refractivity contribution in [3.63, 3.8) is 0 Å². The molecule has 1 aliphatic heterocycles. The van der Waals surface area contributed by atoms with Crippen molar-refractivity contribution in [2.24, 2.45) is 5.92 Å². The summed E-state index contributed by atoms with van der Waals surface area (Å²) in [5, 5.41) is 8.94. The second-order valence-corrected chi connectivity index (χ2v) is 3.10. The van der Waals surface area contributed by atoms with Crippen LogP contribution in [-0.2, 0) is 4.79 Å². The molecule has 1 fully saturated rings. The number of nitrogens with one attached hydrogen (secondary N) is 2. The van der Waals surface area contributed by atoms with Crippen LogP contribution in [0.3, 0.4) is 0 Å². The number of carbonyl (C=O) groups excluding carboxylic acids is 1. The molecule has 1 unspecified atom stereocenters. The SMILES string of the molecule is C=C(O)CC1CCNNC(=O)C1. The second kappa shape index (κ2) is 4.11. The van der Waals surface area contributed by atoms with Crippen molar-refractivity contribution in [2.75, 3.05) is 6.54 Å². The zero-order valence-electron chi connectivity index (χ0n) is 6.97. The highest BCUT2D eigenvalue weighted by Gasteiger charge is 2.17. The molecule has 68 valence electrons. The quantitative estimate of drug-likeness (QED) is 0.528. The van der Waals surface area contributed by atoms with Gasteiger partial charge in [0.1, 0.15) is 0 Å². The van der Waals surface area contributed by atoms with E-state index in [1.165, 1.54) is 0 Å². The Hall–Kier alpha value is -1.03. The fraction of sp³-hybridized carbons (Fsp3) is 0.625. The number of carbonyl (C=O) groups is 1. The predicted octanol–water partition coefficient (Wildman–Crippen LogP) is 0.479. The molecule has 1 rings (SSSR count). The van der Waals surface area contributed by atoms with Gasteiger partial charge in [0.15, 0.2) is 0 Å². The Labute approximate surface area is 71.6 Å². The summed E-state index contributed by atoms with van der Waals surface area (Å²) in [6.07, 6.45) is 1.87. The Morgan fingerprint density at radius 2 is 2.50 bits per heavy atom. The van der Waals surface area contributed by atoms with Crippen LogP contribution in [0.15, 0.2) is 12.3 Å². The highest BCUT2D eigenvalue weighted by Crippen LogP contribution is 2.17. The predicted molar refractivity (Wildman–Crippen MR) is 45.3 cm³/mol. The number of hydrogen-bond acceptors (Lipinski definition) is 3. The van der Waals surface area contributed by atoms with Gasteiger partial charge in [-0.15, -0.1) is 0 Å². The maximum atomic E-state index is 11.0. The summed E-state index contributed by atoms with van der Waals surface area (Å²) in [4.78, 5) is 11.0. The molecule has 1 aliphatic rings. The first-order valence-corrected chi connectivity index (χ1v) is 4.07. The number of amides is 1. The van der Waals surface area contributed by atoms with E-state index in [0.29, 0.717) is 12.8 Å². The van der Waals surface area contributed by atoms with Gasteiger partial charge in [-0.25, -0.2) is 5.43 Å². The van der Waals surface area contributed by atoms with E-state index in [1.807, 2.05) is 0 Å². The highest BCUT2D eigenvalue weighted by molar-refractivity contribution is 5.75. The standard InChI is InChI=1S/C8H14N2O2/c1-6(11)4-7-2-3-9-10-8(12)5-7/h7,9,11H,1-5H2,(H,10,12). The molecule has 0 aliphatic carbocycles. The van der Waals surface area contributed by atoms with Crippen molar-refractivity contribution in [2.45, 2.75) is 19.3 Å². The molecule has 1 amide bonds. The van der Waals surface area contributed by atoms with Crippen molar-refractivity contribution in [3.8, 4) is 0 Å². The summed E-state index contributed by atoms with van der Waals surface area (Å²) >= 11 is 0. The molecular formula is C8H14N2O2. The molecule has 0 saturated carbocycles. The van der Waals surface area contributed by atoms with Crippen LogP contribution in [0.25, 0.3) is 0 Å². The molecule has 0 radical (unpaired) electrons. The second-order valence-electron chi connectivity index (χ2n) is 3.10. The zero-order valence-corrected chi connectivity index (χ0v) is 6.97. The number of allylic oxidation sites excluding steroid dienone is 1. The Balaban J connectivity index is 2.41. The molecule has 3 N–H and O–H groups in total. The van der Waals surface area contributed by atoms with Crippen molar-refractivity contribution in [3.05, 3.63) is 12.3 Å². The third kappa shape index (κ3) is 2.92.